The standard InChI is InChI=1S/C16H27N5O3S/c1-3-19-5-7-20(8-6-19)11-16(22)17-15-10-13(2)18-21(15)14-4-9-25(23,24)12-14/h10,14H,3-9,11-12H2,1-2H3,(H,17,22). The molecule has 1 atom stereocenters. The third-order valence-corrected chi connectivity index (χ3v) is 6.71. The van der Waals surface area contributed by atoms with Crippen molar-refractivity contribution in [1.29, 1.82) is 0 Å². The minimum Gasteiger partial charge on any atom is -0.310 e. The minimum absolute atomic E-state index is 0.0769. The summed E-state index contributed by atoms with van der Waals surface area (Å²) < 4.78 is 25.1. The van der Waals surface area contributed by atoms with E-state index in [0.717, 1.165) is 38.4 Å². The number of sulfone groups is 1. The van der Waals surface area contributed by atoms with Crippen molar-refractivity contribution in [2.75, 3.05) is 56.1 Å². The summed E-state index contributed by atoms with van der Waals surface area (Å²) in [6.45, 7) is 9.14. The van der Waals surface area contributed by atoms with Crippen LogP contribution in [0.1, 0.15) is 25.1 Å². The fourth-order valence-corrected chi connectivity index (χ4v) is 5.20. The molecule has 0 aliphatic carbocycles. The third kappa shape index (κ3) is 4.59. The number of hydrogen-bond acceptors (Lipinski definition) is 6. The molecule has 2 fully saturated rings. The molecule has 1 unspecified atom stereocenters. The zero-order chi connectivity index (χ0) is 18.0. The van der Waals surface area contributed by atoms with Gasteiger partial charge in [0.2, 0.25) is 5.91 Å². The van der Waals surface area contributed by atoms with Gasteiger partial charge in [0.25, 0.3) is 0 Å². The maximum atomic E-state index is 12.4. The number of aryl methyl sites for hydroxylation is 1. The van der Waals surface area contributed by atoms with Gasteiger partial charge in [0.05, 0.1) is 29.8 Å². The number of carbonyl (C=O) groups is 1. The Bertz CT molecular complexity index is 722. The molecule has 0 aromatic carbocycles. The molecule has 3 rings (SSSR count). The summed E-state index contributed by atoms with van der Waals surface area (Å²) in [5.74, 6) is 0.797. The van der Waals surface area contributed by atoms with Crippen molar-refractivity contribution in [2.24, 2.45) is 0 Å². The normalized spacial score (nSPS) is 24.5. The largest absolute Gasteiger partial charge is 0.310 e. The van der Waals surface area contributed by atoms with Crippen LogP contribution >= 0.6 is 0 Å². The Hall–Kier alpha value is -1.45. The van der Waals surface area contributed by atoms with Crippen molar-refractivity contribution in [2.45, 2.75) is 26.3 Å². The van der Waals surface area contributed by atoms with Gasteiger partial charge in [-0.1, -0.05) is 6.92 Å². The van der Waals surface area contributed by atoms with E-state index in [1.54, 1.807) is 10.7 Å². The Morgan fingerprint density at radius 2 is 1.96 bits per heavy atom. The topological polar surface area (TPSA) is 87.5 Å². The number of nitrogens with one attached hydrogen (secondary N) is 1. The number of likely N-dealkylation sites (N-methyl/N-ethyl adjacent to an activating group) is 1. The maximum Gasteiger partial charge on any atom is 0.239 e. The monoisotopic (exact) mass is 369 g/mol. The lowest BCUT2D eigenvalue weighted by Crippen LogP contribution is -2.48. The van der Waals surface area contributed by atoms with Crippen molar-refractivity contribution in [3.8, 4) is 0 Å². The molecule has 140 valence electrons. The van der Waals surface area contributed by atoms with Crippen molar-refractivity contribution < 1.29 is 13.2 Å². The number of hydrogen-bond donors (Lipinski definition) is 1. The molecule has 8 nitrogen and oxygen atoms in total. The van der Waals surface area contributed by atoms with Crippen molar-refractivity contribution in [3.05, 3.63) is 11.8 Å². The number of amides is 1. The Balaban J connectivity index is 1.60. The molecule has 1 aromatic rings. The van der Waals surface area contributed by atoms with Crippen LogP contribution < -0.4 is 5.32 Å². The van der Waals surface area contributed by atoms with Gasteiger partial charge >= 0.3 is 0 Å². The molecular weight excluding hydrogens is 342 g/mol. The molecule has 25 heavy (non-hydrogen) atoms. The average molecular weight is 369 g/mol. The highest BCUT2D eigenvalue weighted by Crippen LogP contribution is 2.27. The second-order valence-electron chi connectivity index (χ2n) is 6.93. The fraction of sp³-hybridized carbons (Fsp3) is 0.750. The Morgan fingerprint density at radius 1 is 1.28 bits per heavy atom. The van der Waals surface area contributed by atoms with Crippen LogP contribution in [0.25, 0.3) is 0 Å². The Morgan fingerprint density at radius 3 is 2.56 bits per heavy atom. The molecule has 0 bridgehead atoms. The van der Waals surface area contributed by atoms with Crippen LogP contribution in [0.15, 0.2) is 6.07 Å². The SMILES string of the molecule is CCN1CCN(CC(=O)Nc2cc(C)nn2C2CCS(=O)(=O)C2)CC1. The van der Waals surface area contributed by atoms with Crippen LogP contribution in [-0.4, -0.2) is 84.7 Å². The second kappa shape index (κ2) is 7.43. The predicted molar refractivity (Wildman–Crippen MR) is 96.5 cm³/mol. The number of nitrogens with zero attached hydrogens (tertiary/aromatic N) is 4. The van der Waals surface area contributed by atoms with Gasteiger partial charge in [0.1, 0.15) is 5.82 Å². The molecule has 3 heterocycles. The van der Waals surface area contributed by atoms with E-state index in [1.165, 1.54) is 0 Å². The van der Waals surface area contributed by atoms with E-state index in [4.69, 9.17) is 0 Å². The van der Waals surface area contributed by atoms with Crippen LogP contribution in [0.2, 0.25) is 0 Å². The molecule has 0 spiro atoms. The zero-order valence-electron chi connectivity index (χ0n) is 14.9. The molecule has 2 aliphatic heterocycles. The molecule has 9 heteroatoms. The first-order valence-electron chi connectivity index (χ1n) is 8.87. The first kappa shape index (κ1) is 18.3. The van der Waals surface area contributed by atoms with Gasteiger partial charge in [-0.2, -0.15) is 5.10 Å². The average Bonchev–Trinajstić information content (AvgIpc) is 3.10. The molecule has 2 saturated heterocycles. The van der Waals surface area contributed by atoms with E-state index in [1.807, 2.05) is 6.92 Å². The summed E-state index contributed by atoms with van der Waals surface area (Å²) >= 11 is 0. The lowest BCUT2D eigenvalue weighted by molar-refractivity contribution is -0.117. The summed E-state index contributed by atoms with van der Waals surface area (Å²) in [5.41, 5.74) is 0.774. The first-order valence-corrected chi connectivity index (χ1v) is 10.7. The van der Waals surface area contributed by atoms with Gasteiger partial charge in [-0.3, -0.25) is 9.69 Å². The van der Waals surface area contributed by atoms with E-state index in [0.29, 0.717) is 18.8 Å². The number of piperazine rings is 1. The van der Waals surface area contributed by atoms with Gasteiger partial charge in [-0.05, 0) is 19.9 Å². The van der Waals surface area contributed by atoms with Crippen LogP contribution in [0.4, 0.5) is 5.82 Å². The summed E-state index contributed by atoms with van der Waals surface area (Å²) in [6.07, 6.45) is 0.547. The Kier molecular flexibility index (Phi) is 5.45. The van der Waals surface area contributed by atoms with Gasteiger partial charge in [0, 0.05) is 32.2 Å². The summed E-state index contributed by atoms with van der Waals surface area (Å²) in [4.78, 5) is 16.9. The molecule has 1 N–H and O–H groups in total. The highest BCUT2D eigenvalue weighted by atomic mass is 32.2. The van der Waals surface area contributed by atoms with E-state index in [2.05, 4.69) is 27.1 Å². The van der Waals surface area contributed by atoms with Gasteiger partial charge < -0.3 is 10.2 Å². The summed E-state index contributed by atoms with van der Waals surface area (Å²) in [7, 11) is -3.00. The van der Waals surface area contributed by atoms with Crippen molar-refractivity contribution in [1.82, 2.24) is 19.6 Å². The second-order valence-corrected chi connectivity index (χ2v) is 9.16. The van der Waals surface area contributed by atoms with Crippen LogP contribution in [-0.2, 0) is 14.6 Å². The highest BCUT2D eigenvalue weighted by molar-refractivity contribution is 7.91. The number of anilines is 1. The lowest BCUT2D eigenvalue weighted by Gasteiger charge is -2.33. The van der Waals surface area contributed by atoms with Gasteiger partial charge in [-0.15, -0.1) is 0 Å². The summed E-state index contributed by atoms with van der Waals surface area (Å²) in [6, 6.07) is 1.61. The van der Waals surface area contributed by atoms with Crippen LogP contribution in [0, 0.1) is 6.92 Å². The smallest absolute Gasteiger partial charge is 0.239 e. The fourth-order valence-electron chi connectivity index (χ4n) is 3.51. The number of rotatable bonds is 5. The molecule has 1 amide bonds. The molecule has 0 radical (unpaired) electrons. The van der Waals surface area contributed by atoms with E-state index in [-0.39, 0.29) is 23.5 Å². The number of aromatic nitrogens is 2. The number of carbonyl (C=O) groups excluding carboxylic acids is 1. The Labute approximate surface area is 149 Å². The highest BCUT2D eigenvalue weighted by Gasteiger charge is 2.31. The maximum absolute atomic E-state index is 12.4. The van der Waals surface area contributed by atoms with E-state index in [9.17, 15) is 13.2 Å². The quantitative estimate of drug-likeness (QED) is 0.794. The molecular formula is C16H27N5O3S. The van der Waals surface area contributed by atoms with Crippen molar-refractivity contribution >= 4 is 21.6 Å². The third-order valence-electron chi connectivity index (χ3n) is 4.96. The van der Waals surface area contributed by atoms with Crippen molar-refractivity contribution in [3.63, 3.8) is 0 Å². The van der Waals surface area contributed by atoms with Crippen LogP contribution in [0.5, 0.6) is 0 Å². The molecule has 1 aromatic heterocycles. The van der Waals surface area contributed by atoms with Gasteiger partial charge in [-0.25, -0.2) is 13.1 Å². The summed E-state index contributed by atoms with van der Waals surface area (Å²) in [5, 5.41) is 7.32. The molecule has 2 aliphatic rings. The minimum atomic E-state index is -3.00. The molecule has 0 saturated carbocycles. The first-order chi connectivity index (χ1) is 11.9. The van der Waals surface area contributed by atoms with Gasteiger partial charge in [0.15, 0.2) is 9.84 Å². The van der Waals surface area contributed by atoms with Crippen LogP contribution in [0.3, 0.4) is 0 Å². The predicted octanol–water partition coefficient (Wildman–Crippen LogP) is 0.127. The van der Waals surface area contributed by atoms with E-state index < -0.39 is 9.84 Å². The van der Waals surface area contributed by atoms with E-state index >= 15 is 0 Å². The zero-order valence-corrected chi connectivity index (χ0v) is 15.8. The lowest BCUT2D eigenvalue weighted by atomic mass is 10.3.